The van der Waals surface area contributed by atoms with Gasteiger partial charge in [-0.05, 0) is 197 Å². The van der Waals surface area contributed by atoms with Crippen molar-refractivity contribution in [3.63, 3.8) is 0 Å². The van der Waals surface area contributed by atoms with Crippen molar-refractivity contribution >= 4 is 38.1 Å². The minimum absolute atomic E-state index is 0.0838. The topological polar surface area (TPSA) is 30.2 Å². The summed E-state index contributed by atoms with van der Waals surface area (Å²) < 4.78 is 2.79. The molecule has 3 nitrogen and oxygen atoms in total. The van der Waals surface area contributed by atoms with Crippen LogP contribution in [-0.2, 0) is 16.2 Å². The molecule has 16 rings (SSSR count). The Hall–Kier alpha value is -3.46. The fourth-order valence-corrected chi connectivity index (χ4v) is 19.9. The predicted octanol–water partition coefficient (Wildman–Crippen LogP) is 15.5. The zero-order chi connectivity index (χ0) is 42.2. The highest BCUT2D eigenvalue weighted by Crippen LogP contribution is 2.77. The van der Waals surface area contributed by atoms with E-state index in [0.29, 0.717) is 29.1 Å². The van der Waals surface area contributed by atoms with Gasteiger partial charge in [0.15, 0.2) is 0 Å². The third kappa shape index (κ3) is 4.21. The van der Waals surface area contributed by atoms with Gasteiger partial charge in [-0.1, -0.05) is 81.4 Å². The van der Waals surface area contributed by atoms with Gasteiger partial charge in [0.25, 0.3) is 0 Å². The zero-order valence-electron chi connectivity index (χ0n) is 39.5. The molecule has 2 aromatic carbocycles. The highest BCUT2D eigenvalue weighted by atomic mass is 15.0. The quantitative estimate of drug-likeness (QED) is 0.174. The highest BCUT2D eigenvalue weighted by Gasteiger charge is 2.66. The summed E-state index contributed by atoms with van der Waals surface area (Å²) in [5.41, 5.74) is 21.4. The molecule has 1 spiro atoms. The van der Waals surface area contributed by atoms with Crippen LogP contribution in [0.4, 0.5) is 0 Å². The van der Waals surface area contributed by atoms with Crippen LogP contribution in [0.15, 0.2) is 30.6 Å². The molecule has 5 saturated carbocycles. The monoisotopic (exact) mass is 820 g/mol. The smallest absolute Gasteiger partial charge is 0.0728 e. The van der Waals surface area contributed by atoms with Gasteiger partial charge in [0.2, 0.25) is 0 Å². The Morgan fingerprint density at radius 1 is 0.613 bits per heavy atom. The molecule has 0 amide bonds. The lowest BCUT2D eigenvalue weighted by Crippen LogP contribution is -2.41. The van der Waals surface area contributed by atoms with Crippen molar-refractivity contribution in [2.45, 2.75) is 193 Å². The van der Waals surface area contributed by atoms with Crippen LogP contribution in [0.25, 0.3) is 49.2 Å². The molecule has 5 fully saturated rings. The minimum Gasteiger partial charge on any atom is -0.305 e. The first kappa shape index (κ1) is 36.8. The summed E-state index contributed by atoms with van der Waals surface area (Å²) in [6, 6.07) is 8.17. The van der Waals surface area contributed by atoms with Crippen molar-refractivity contribution in [2.24, 2.45) is 39.9 Å². The average Bonchev–Trinajstić information content (AvgIpc) is 3.91. The standard InChI is InChI=1S/C59H69N3/c1-54(2,3)26-59(27-55(4,5)6)39-11-12-40-50(57(9,10)28-56(40,7)8)45(39)37-21-38-46-41(24-61-52-34-19-36-20-35-18-33(44(46)52)22-58(35,36)23-34)62-42-25-60-51-32-16-29-13-30(17-32)15-31(14-29)43(51)47(42)48(49(37)59)53(38)62/h11-12,21,24-25,29-36H,13-20,22-23,26-28H2,1-10H3. The molecular weight excluding hydrogens is 751 g/mol. The summed E-state index contributed by atoms with van der Waals surface area (Å²) in [6.45, 7) is 25.5. The molecule has 4 aromatic heterocycles. The number of rotatable bonds is 2. The molecule has 4 heterocycles. The first-order valence-electron chi connectivity index (χ1n) is 25.6. The van der Waals surface area contributed by atoms with Gasteiger partial charge in [0.1, 0.15) is 0 Å². The van der Waals surface area contributed by atoms with E-state index in [1.54, 1.807) is 66.1 Å². The summed E-state index contributed by atoms with van der Waals surface area (Å²) in [6.07, 6.45) is 22.2. The molecule has 0 N–H and O–H groups in total. The van der Waals surface area contributed by atoms with Crippen LogP contribution >= 0.6 is 0 Å². The van der Waals surface area contributed by atoms with Gasteiger partial charge in [0, 0.05) is 50.2 Å². The lowest BCUT2D eigenvalue weighted by molar-refractivity contribution is 0.00321. The van der Waals surface area contributed by atoms with E-state index in [0.717, 1.165) is 36.5 Å². The zero-order valence-corrected chi connectivity index (χ0v) is 39.5. The second-order valence-corrected chi connectivity index (χ2v) is 27.9. The van der Waals surface area contributed by atoms with Gasteiger partial charge >= 0.3 is 0 Å². The average molecular weight is 820 g/mol. The number of nitrogens with zero attached hydrogens (tertiary/aromatic N) is 3. The number of hydrogen-bond donors (Lipinski definition) is 0. The minimum atomic E-state index is -0.128. The van der Waals surface area contributed by atoms with Gasteiger partial charge in [-0.2, -0.15) is 0 Å². The molecule has 3 heteroatoms. The molecule has 10 aliphatic carbocycles. The first-order valence-corrected chi connectivity index (χ1v) is 25.6. The lowest BCUT2D eigenvalue weighted by atomic mass is 9.56. The molecule has 0 aliphatic heterocycles. The van der Waals surface area contributed by atoms with E-state index in [4.69, 9.17) is 9.97 Å². The molecule has 320 valence electrons. The summed E-state index contributed by atoms with van der Waals surface area (Å²) in [4.78, 5) is 11.4. The maximum atomic E-state index is 5.72. The van der Waals surface area contributed by atoms with Crippen LogP contribution in [0.1, 0.15) is 221 Å². The van der Waals surface area contributed by atoms with Crippen LogP contribution in [0.2, 0.25) is 0 Å². The Morgan fingerprint density at radius 2 is 1.21 bits per heavy atom. The van der Waals surface area contributed by atoms with Crippen LogP contribution < -0.4 is 0 Å². The molecule has 62 heavy (non-hydrogen) atoms. The molecule has 7 atom stereocenters. The highest BCUT2D eigenvalue weighted by molar-refractivity contribution is 6.28. The van der Waals surface area contributed by atoms with Crippen molar-refractivity contribution in [2.75, 3.05) is 0 Å². The number of pyridine rings is 2. The van der Waals surface area contributed by atoms with Crippen molar-refractivity contribution < 1.29 is 0 Å². The van der Waals surface area contributed by atoms with Gasteiger partial charge in [-0.25, -0.2) is 0 Å². The van der Waals surface area contributed by atoms with E-state index in [9.17, 15) is 0 Å². The molecular formula is C59H69N3. The number of aromatic nitrogens is 3. The van der Waals surface area contributed by atoms with E-state index in [1.807, 2.05) is 0 Å². The molecule has 6 aromatic rings. The third-order valence-electron chi connectivity index (χ3n) is 20.5. The Kier molecular flexibility index (Phi) is 6.41. The SMILES string of the molecule is CC(C)(C)CC1(CC(C)(C)C)c2ccc3c(c2-c2cc4c5c6c(ncc5n5c7cnc8c(c7c(c21)c45)C1CC2CC(CC8C2)C1)C1CC2CC4CC6CC24C1)C(C)(C)CC3(C)C. The molecule has 10 aliphatic rings. The Bertz CT molecular complexity index is 3020. The van der Waals surface area contributed by atoms with Crippen molar-refractivity contribution in [3.05, 3.63) is 75.4 Å². The Balaban J connectivity index is 1.17. The van der Waals surface area contributed by atoms with Crippen molar-refractivity contribution in [3.8, 4) is 11.1 Å². The van der Waals surface area contributed by atoms with E-state index >= 15 is 0 Å². The predicted molar refractivity (Wildman–Crippen MR) is 255 cm³/mol. The number of benzene rings is 2. The van der Waals surface area contributed by atoms with E-state index in [-0.39, 0.29) is 27.1 Å². The molecule has 7 unspecified atom stereocenters. The van der Waals surface area contributed by atoms with Crippen LogP contribution in [0, 0.1) is 39.9 Å². The summed E-state index contributed by atoms with van der Waals surface area (Å²) >= 11 is 0. The number of fused-ring (bicyclic) bond motifs is 18. The van der Waals surface area contributed by atoms with E-state index < -0.39 is 0 Å². The van der Waals surface area contributed by atoms with Crippen LogP contribution in [-0.4, -0.2) is 14.4 Å². The van der Waals surface area contributed by atoms with Crippen LogP contribution in [0.5, 0.6) is 0 Å². The maximum Gasteiger partial charge on any atom is 0.0728 e. The normalized spacial score (nSPS) is 34.5. The summed E-state index contributed by atoms with van der Waals surface area (Å²) in [5, 5.41) is 6.37. The van der Waals surface area contributed by atoms with Gasteiger partial charge in [0.05, 0.1) is 28.9 Å². The van der Waals surface area contributed by atoms with E-state index in [1.165, 1.54) is 98.6 Å². The fraction of sp³-hybridized carbons (Fsp3) is 0.627. The molecule has 7 bridgehead atoms. The van der Waals surface area contributed by atoms with Crippen LogP contribution in [0.3, 0.4) is 0 Å². The first-order chi connectivity index (χ1) is 29.3. The lowest BCUT2D eigenvalue weighted by Gasteiger charge is -2.48. The van der Waals surface area contributed by atoms with Crippen molar-refractivity contribution in [1.82, 2.24) is 14.4 Å². The van der Waals surface area contributed by atoms with Gasteiger partial charge in [-0.3, -0.25) is 9.97 Å². The summed E-state index contributed by atoms with van der Waals surface area (Å²) in [7, 11) is 0. The molecule has 0 radical (unpaired) electrons. The fourth-order valence-electron chi connectivity index (χ4n) is 19.9. The number of hydrogen-bond acceptors (Lipinski definition) is 2. The Labute approximate surface area is 370 Å². The van der Waals surface area contributed by atoms with Crippen molar-refractivity contribution in [1.29, 1.82) is 0 Å². The van der Waals surface area contributed by atoms with E-state index in [2.05, 4.69) is 104 Å². The summed E-state index contributed by atoms with van der Waals surface area (Å²) in [5.74, 6) is 6.12. The largest absolute Gasteiger partial charge is 0.305 e. The second-order valence-electron chi connectivity index (χ2n) is 27.9. The van der Waals surface area contributed by atoms with Gasteiger partial charge < -0.3 is 4.40 Å². The maximum absolute atomic E-state index is 5.72. The van der Waals surface area contributed by atoms with Gasteiger partial charge in [-0.15, -0.1) is 0 Å². The molecule has 0 saturated heterocycles. The second kappa shape index (κ2) is 10.8. The third-order valence-corrected chi connectivity index (χ3v) is 20.5. The Morgan fingerprint density at radius 3 is 1.90 bits per heavy atom.